The predicted molar refractivity (Wildman–Crippen MR) is 83.6 cm³/mol. The van der Waals surface area contributed by atoms with Crippen molar-refractivity contribution in [3.05, 3.63) is 28.2 Å². The van der Waals surface area contributed by atoms with Crippen molar-refractivity contribution in [2.45, 2.75) is 45.4 Å². The summed E-state index contributed by atoms with van der Waals surface area (Å²) in [5, 5.41) is 0. The second-order valence-corrected chi connectivity index (χ2v) is 6.92. The molecule has 1 saturated heterocycles. The van der Waals surface area contributed by atoms with Crippen LogP contribution in [0.2, 0.25) is 0 Å². The number of rotatable bonds is 2. The molecular formula is C15H23BrN2O. The molecule has 3 nitrogen and oxygen atoms in total. The first-order chi connectivity index (χ1) is 8.78. The molecule has 0 aromatic heterocycles. The van der Waals surface area contributed by atoms with Crippen LogP contribution in [0.5, 0.6) is 0 Å². The summed E-state index contributed by atoms with van der Waals surface area (Å²) in [5.74, 6) is 0. The molecule has 1 aromatic carbocycles. The lowest BCUT2D eigenvalue weighted by Crippen LogP contribution is -2.52. The lowest BCUT2D eigenvalue weighted by molar-refractivity contribution is -0.0750. The fraction of sp³-hybridized carbons (Fsp3) is 0.600. The number of morpholine rings is 1. The predicted octanol–water partition coefficient (Wildman–Crippen LogP) is 3.47. The van der Waals surface area contributed by atoms with Gasteiger partial charge < -0.3 is 15.4 Å². The third kappa shape index (κ3) is 3.50. The Bertz CT molecular complexity index is 459. The van der Waals surface area contributed by atoms with Crippen LogP contribution in [0, 0.1) is 0 Å². The van der Waals surface area contributed by atoms with Gasteiger partial charge in [-0.15, -0.1) is 0 Å². The number of hydrogen-bond donors (Lipinski definition) is 1. The van der Waals surface area contributed by atoms with E-state index in [4.69, 9.17) is 10.5 Å². The Labute approximate surface area is 124 Å². The fourth-order valence-corrected chi connectivity index (χ4v) is 3.35. The van der Waals surface area contributed by atoms with Gasteiger partial charge in [0, 0.05) is 23.6 Å². The second kappa shape index (κ2) is 5.43. The zero-order chi connectivity index (χ0) is 14.2. The maximum atomic E-state index is 5.95. The van der Waals surface area contributed by atoms with Gasteiger partial charge in [0.25, 0.3) is 0 Å². The topological polar surface area (TPSA) is 38.5 Å². The van der Waals surface area contributed by atoms with Gasteiger partial charge in [-0.1, -0.05) is 6.07 Å². The average molecular weight is 327 g/mol. The number of ether oxygens (including phenoxy) is 1. The minimum atomic E-state index is -0.114. The number of nitrogens with two attached hydrogens (primary N) is 1. The van der Waals surface area contributed by atoms with Crippen LogP contribution in [-0.2, 0) is 4.74 Å². The molecule has 1 heterocycles. The van der Waals surface area contributed by atoms with Gasteiger partial charge in [-0.05, 0) is 61.3 Å². The summed E-state index contributed by atoms with van der Waals surface area (Å²) in [6, 6.07) is 6.44. The quantitative estimate of drug-likeness (QED) is 0.904. The normalized spacial score (nSPS) is 24.3. The monoisotopic (exact) mass is 326 g/mol. The smallest absolute Gasteiger partial charge is 0.0805 e. The van der Waals surface area contributed by atoms with E-state index >= 15 is 0 Å². The van der Waals surface area contributed by atoms with E-state index < -0.39 is 0 Å². The number of nitrogens with zero attached hydrogens (tertiary/aromatic N) is 1. The molecule has 1 aromatic rings. The molecule has 0 amide bonds. The van der Waals surface area contributed by atoms with Gasteiger partial charge in [0.15, 0.2) is 0 Å². The molecule has 19 heavy (non-hydrogen) atoms. The Balaban J connectivity index is 2.26. The van der Waals surface area contributed by atoms with Crippen molar-refractivity contribution in [2.75, 3.05) is 18.0 Å². The first-order valence-corrected chi connectivity index (χ1v) is 7.55. The van der Waals surface area contributed by atoms with E-state index in [1.54, 1.807) is 0 Å². The molecule has 2 atom stereocenters. The number of halogens is 1. The summed E-state index contributed by atoms with van der Waals surface area (Å²) in [6.45, 7) is 10.2. The van der Waals surface area contributed by atoms with E-state index in [0.717, 1.165) is 23.1 Å². The van der Waals surface area contributed by atoms with E-state index in [1.807, 2.05) is 6.92 Å². The molecule has 0 aliphatic carbocycles. The van der Waals surface area contributed by atoms with Gasteiger partial charge in [0.2, 0.25) is 0 Å². The van der Waals surface area contributed by atoms with Crippen LogP contribution in [0.25, 0.3) is 0 Å². The molecule has 0 bridgehead atoms. The second-order valence-electron chi connectivity index (χ2n) is 6.07. The summed E-state index contributed by atoms with van der Waals surface area (Å²) in [5.41, 5.74) is 8.17. The van der Waals surface area contributed by atoms with Crippen LogP contribution >= 0.6 is 15.9 Å². The van der Waals surface area contributed by atoms with Gasteiger partial charge in [-0.25, -0.2) is 0 Å². The van der Waals surface area contributed by atoms with Crippen molar-refractivity contribution in [1.29, 1.82) is 0 Å². The lowest BCUT2D eigenvalue weighted by atomic mass is 10.0. The first kappa shape index (κ1) is 14.8. The maximum Gasteiger partial charge on any atom is 0.0805 e. The Kier molecular flexibility index (Phi) is 4.23. The molecule has 2 N–H and O–H groups in total. The van der Waals surface area contributed by atoms with Gasteiger partial charge in [-0.2, -0.15) is 0 Å². The van der Waals surface area contributed by atoms with Crippen molar-refractivity contribution >= 4 is 21.6 Å². The SMILES string of the molecule is CC1CN(c2ccc([C@@H](C)N)cc2Br)CC(C)(C)O1. The molecule has 1 fully saturated rings. The highest BCUT2D eigenvalue weighted by atomic mass is 79.9. The van der Waals surface area contributed by atoms with Crippen LogP contribution in [0.15, 0.2) is 22.7 Å². The van der Waals surface area contributed by atoms with Crippen molar-refractivity contribution in [1.82, 2.24) is 0 Å². The van der Waals surface area contributed by atoms with Crippen LogP contribution in [0.4, 0.5) is 5.69 Å². The minimum absolute atomic E-state index is 0.0606. The third-order valence-electron chi connectivity index (χ3n) is 3.41. The van der Waals surface area contributed by atoms with Crippen molar-refractivity contribution in [2.24, 2.45) is 5.73 Å². The van der Waals surface area contributed by atoms with Gasteiger partial charge in [0.1, 0.15) is 0 Å². The van der Waals surface area contributed by atoms with E-state index in [1.165, 1.54) is 5.69 Å². The molecule has 0 radical (unpaired) electrons. The van der Waals surface area contributed by atoms with Crippen molar-refractivity contribution in [3.8, 4) is 0 Å². The molecule has 106 valence electrons. The summed E-state index contributed by atoms with van der Waals surface area (Å²) < 4.78 is 7.05. The van der Waals surface area contributed by atoms with Crippen LogP contribution in [0.3, 0.4) is 0 Å². The highest BCUT2D eigenvalue weighted by Gasteiger charge is 2.32. The molecule has 2 rings (SSSR count). The maximum absolute atomic E-state index is 5.95. The number of anilines is 1. The third-order valence-corrected chi connectivity index (χ3v) is 4.04. The Hall–Kier alpha value is -0.580. The Morgan fingerprint density at radius 3 is 2.68 bits per heavy atom. The van der Waals surface area contributed by atoms with E-state index in [-0.39, 0.29) is 17.7 Å². The van der Waals surface area contributed by atoms with Crippen molar-refractivity contribution < 1.29 is 4.74 Å². The van der Waals surface area contributed by atoms with Gasteiger partial charge in [0.05, 0.1) is 17.4 Å². The highest BCUT2D eigenvalue weighted by molar-refractivity contribution is 9.10. The van der Waals surface area contributed by atoms with E-state index in [2.05, 4.69) is 59.8 Å². The number of hydrogen-bond acceptors (Lipinski definition) is 3. The molecular weight excluding hydrogens is 304 g/mol. The molecule has 0 saturated carbocycles. The molecule has 4 heteroatoms. The minimum Gasteiger partial charge on any atom is -0.369 e. The molecule has 1 unspecified atom stereocenters. The zero-order valence-electron chi connectivity index (χ0n) is 12.1. The molecule has 1 aliphatic heterocycles. The largest absolute Gasteiger partial charge is 0.369 e. The average Bonchev–Trinajstić information content (AvgIpc) is 2.25. The zero-order valence-corrected chi connectivity index (χ0v) is 13.7. The Morgan fingerprint density at radius 2 is 2.16 bits per heavy atom. The lowest BCUT2D eigenvalue weighted by Gasteiger charge is -2.43. The van der Waals surface area contributed by atoms with Gasteiger partial charge in [-0.3, -0.25) is 0 Å². The summed E-state index contributed by atoms with van der Waals surface area (Å²) >= 11 is 3.67. The highest BCUT2D eigenvalue weighted by Crippen LogP contribution is 2.33. The summed E-state index contributed by atoms with van der Waals surface area (Å²) in [7, 11) is 0. The fourth-order valence-electron chi connectivity index (χ4n) is 2.70. The van der Waals surface area contributed by atoms with Crippen LogP contribution in [-0.4, -0.2) is 24.8 Å². The van der Waals surface area contributed by atoms with Crippen molar-refractivity contribution in [3.63, 3.8) is 0 Å². The number of benzene rings is 1. The summed E-state index contributed by atoms with van der Waals surface area (Å²) in [4.78, 5) is 2.38. The molecule has 0 spiro atoms. The van der Waals surface area contributed by atoms with E-state index in [9.17, 15) is 0 Å². The standard InChI is InChI=1S/C15H23BrN2O/c1-10-8-18(9-15(3,4)19-10)14-6-5-12(11(2)17)7-13(14)16/h5-7,10-11H,8-9,17H2,1-4H3/t10?,11-/m1/s1. The van der Waals surface area contributed by atoms with Crippen LogP contribution in [0.1, 0.15) is 39.3 Å². The van der Waals surface area contributed by atoms with Gasteiger partial charge >= 0.3 is 0 Å². The summed E-state index contributed by atoms with van der Waals surface area (Å²) in [6.07, 6.45) is 0.240. The Morgan fingerprint density at radius 1 is 1.47 bits per heavy atom. The van der Waals surface area contributed by atoms with Crippen LogP contribution < -0.4 is 10.6 Å². The van der Waals surface area contributed by atoms with E-state index in [0.29, 0.717) is 0 Å². The first-order valence-electron chi connectivity index (χ1n) is 6.76. The molecule has 1 aliphatic rings.